The van der Waals surface area contributed by atoms with Crippen LogP contribution in [0, 0.1) is 11.3 Å². The van der Waals surface area contributed by atoms with Crippen LogP contribution in [-0.2, 0) is 24.4 Å². The van der Waals surface area contributed by atoms with Crippen LogP contribution in [0.15, 0.2) is 48.0 Å². The van der Waals surface area contributed by atoms with Gasteiger partial charge in [-0.3, -0.25) is 9.69 Å². The Kier molecular flexibility index (Phi) is 5.66. The number of carbonyl (C=O) groups is 2. The number of benzene rings is 2. The molecule has 4 bridgehead atoms. The van der Waals surface area contributed by atoms with Crippen LogP contribution in [0.2, 0.25) is 0 Å². The molecule has 5 aliphatic rings. The SMILES string of the molecule is C/C=C1/CN2[C@@H]3C[C@@]45c6ccccc6N[C@]4(O3)[C@@H]2C[C@@H]1[C@@]5(COC(=O)c1cc(OC)c(OC)c(OC)c1)C(=O)OC. The van der Waals surface area contributed by atoms with Gasteiger partial charge in [-0.25, -0.2) is 4.79 Å². The highest BCUT2D eigenvalue weighted by molar-refractivity contribution is 5.92. The number of carbonyl (C=O) groups excluding carboxylic acids is 2. The lowest BCUT2D eigenvalue weighted by Gasteiger charge is -2.64. The van der Waals surface area contributed by atoms with Crippen molar-refractivity contribution < 1.29 is 38.0 Å². The molecule has 3 saturated heterocycles. The predicted molar refractivity (Wildman–Crippen MR) is 147 cm³/mol. The second-order valence-corrected chi connectivity index (χ2v) is 11.4. The molecule has 1 spiro atoms. The van der Waals surface area contributed by atoms with Crippen molar-refractivity contribution in [1.29, 1.82) is 0 Å². The highest BCUT2D eigenvalue weighted by Crippen LogP contribution is 2.76. The Morgan fingerprint density at radius 1 is 1.10 bits per heavy atom. The molecule has 10 heteroatoms. The van der Waals surface area contributed by atoms with Crippen molar-refractivity contribution in [3.05, 3.63) is 59.2 Å². The molecular weight excluding hydrogens is 528 g/mol. The minimum atomic E-state index is -1.24. The highest BCUT2D eigenvalue weighted by atomic mass is 16.6. The molecule has 2 aromatic rings. The largest absolute Gasteiger partial charge is 0.493 e. The number of esters is 2. The Bertz CT molecular complexity index is 1470. The first-order valence-corrected chi connectivity index (χ1v) is 13.9. The van der Waals surface area contributed by atoms with Gasteiger partial charge < -0.3 is 33.7 Å². The first-order chi connectivity index (χ1) is 19.8. The maximum Gasteiger partial charge on any atom is 0.338 e. The minimum Gasteiger partial charge on any atom is -0.493 e. The van der Waals surface area contributed by atoms with Crippen molar-refractivity contribution in [3.8, 4) is 17.2 Å². The Balaban J connectivity index is 1.38. The third kappa shape index (κ3) is 2.94. The molecule has 0 amide bonds. The zero-order valence-corrected chi connectivity index (χ0v) is 23.8. The van der Waals surface area contributed by atoms with Gasteiger partial charge in [0.1, 0.15) is 18.2 Å². The van der Waals surface area contributed by atoms with Gasteiger partial charge in [0.25, 0.3) is 0 Å². The Morgan fingerprint density at radius 2 is 1.83 bits per heavy atom. The lowest BCUT2D eigenvalue weighted by molar-refractivity contribution is -0.191. The summed E-state index contributed by atoms with van der Waals surface area (Å²) >= 11 is 0. The fraction of sp³-hybridized carbons (Fsp3) is 0.484. The fourth-order valence-corrected chi connectivity index (χ4v) is 8.76. The number of ether oxygens (including phenoxy) is 6. The van der Waals surface area contributed by atoms with Crippen LogP contribution < -0.4 is 19.5 Å². The zero-order chi connectivity index (χ0) is 28.7. The number of allylic oxidation sites excluding steroid dienone is 1. The molecular formula is C31H34N2O8. The van der Waals surface area contributed by atoms with Gasteiger partial charge in [-0.15, -0.1) is 0 Å². The summed E-state index contributed by atoms with van der Waals surface area (Å²) in [6.45, 7) is 2.51. The molecule has 0 aromatic heterocycles. The van der Waals surface area contributed by atoms with Crippen LogP contribution in [0.3, 0.4) is 0 Å². The summed E-state index contributed by atoms with van der Waals surface area (Å²) in [6, 6.07) is 11.2. The number of piperidine rings is 2. The van der Waals surface area contributed by atoms with Gasteiger partial charge in [0.2, 0.25) is 5.75 Å². The number of nitrogens with one attached hydrogen (secondary N) is 1. The second kappa shape index (κ2) is 8.87. The van der Waals surface area contributed by atoms with Gasteiger partial charge in [-0.1, -0.05) is 29.8 Å². The average molecular weight is 563 g/mol. The monoisotopic (exact) mass is 562 g/mol. The van der Waals surface area contributed by atoms with E-state index in [4.69, 9.17) is 28.4 Å². The Hall–Kier alpha value is -3.76. The van der Waals surface area contributed by atoms with Crippen molar-refractivity contribution in [1.82, 2.24) is 4.90 Å². The molecule has 0 unspecified atom stereocenters. The number of nitrogens with zero attached hydrogens (tertiary/aromatic N) is 1. The Labute approximate surface area is 238 Å². The maximum absolute atomic E-state index is 14.4. The number of anilines is 1. The van der Waals surface area contributed by atoms with Crippen LogP contribution in [0.5, 0.6) is 17.2 Å². The van der Waals surface area contributed by atoms with Crippen molar-refractivity contribution in [2.24, 2.45) is 11.3 Å². The molecule has 1 aliphatic carbocycles. The molecule has 4 fully saturated rings. The van der Waals surface area contributed by atoms with Crippen LogP contribution in [0.4, 0.5) is 5.69 Å². The van der Waals surface area contributed by atoms with Crippen molar-refractivity contribution >= 4 is 17.6 Å². The second-order valence-electron chi connectivity index (χ2n) is 11.4. The standard InChI is InChI=1S/C31H34N2O8/c1-6-17-15-33-24-13-20(17)29(28(35)39-5,16-40-27(34)18-11-22(36-2)26(38-4)23(12-18)37-3)30-14-25(33)41-31(24,30)32-21-10-8-7-9-19(21)30/h6-12,20,24-25,32H,13-16H2,1-5H3/b17-6-/t20-,24-,25-,29-,30-,31-/m0/s1. The number of fused-ring (bicyclic) bond motifs is 4. The van der Waals surface area contributed by atoms with E-state index < -0.39 is 28.5 Å². The molecule has 216 valence electrons. The fourth-order valence-electron chi connectivity index (χ4n) is 8.76. The van der Waals surface area contributed by atoms with E-state index in [0.29, 0.717) is 36.6 Å². The van der Waals surface area contributed by atoms with Gasteiger partial charge in [-0.2, -0.15) is 0 Å². The van der Waals surface area contributed by atoms with Crippen molar-refractivity contribution in [2.45, 2.75) is 43.2 Å². The minimum absolute atomic E-state index is 0.0611. The van der Waals surface area contributed by atoms with Gasteiger partial charge in [0.15, 0.2) is 17.2 Å². The average Bonchev–Trinajstić information content (AvgIpc) is 3.62. The molecule has 0 radical (unpaired) electrons. The van der Waals surface area contributed by atoms with Crippen LogP contribution >= 0.6 is 0 Å². The summed E-state index contributed by atoms with van der Waals surface area (Å²) in [5, 5.41) is 3.73. The van der Waals surface area contributed by atoms with E-state index in [1.165, 1.54) is 28.4 Å². The highest BCUT2D eigenvalue weighted by Gasteiger charge is 2.87. The lowest BCUT2D eigenvalue weighted by Crippen LogP contribution is -2.78. The van der Waals surface area contributed by atoms with E-state index in [1.54, 1.807) is 12.1 Å². The molecule has 4 heterocycles. The first-order valence-electron chi connectivity index (χ1n) is 13.9. The van der Waals surface area contributed by atoms with E-state index in [1.807, 2.05) is 25.1 Å². The molecule has 10 nitrogen and oxygen atoms in total. The molecule has 4 aliphatic heterocycles. The lowest BCUT2D eigenvalue weighted by atomic mass is 9.42. The summed E-state index contributed by atoms with van der Waals surface area (Å²) in [6.07, 6.45) is 3.18. The first kappa shape index (κ1) is 26.2. The quantitative estimate of drug-likeness (QED) is 0.398. The van der Waals surface area contributed by atoms with E-state index in [-0.39, 0.29) is 30.4 Å². The van der Waals surface area contributed by atoms with Crippen molar-refractivity contribution in [3.63, 3.8) is 0 Å². The maximum atomic E-state index is 14.4. The third-order valence-electron chi connectivity index (χ3n) is 10.3. The number of rotatable bonds is 7. The van der Waals surface area contributed by atoms with E-state index in [2.05, 4.69) is 22.4 Å². The summed E-state index contributed by atoms with van der Waals surface area (Å²) in [5.41, 5.74) is 0.387. The Morgan fingerprint density at radius 3 is 2.49 bits per heavy atom. The van der Waals surface area contributed by atoms with Gasteiger partial charge in [-0.05, 0) is 37.1 Å². The smallest absolute Gasteiger partial charge is 0.338 e. The molecule has 7 rings (SSSR count). The number of hydrogen-bond acceptors (Lipinski definition) is 10. The number of methoxy groups -OCH3 is 4. The van der Waals surface area contributed by atoms with Gasteiger partial charge in [0.05, 0.1) is 45.5 Å². The van der Waals surface area contributed by atoms with Crippen LogP contribution in [0.25, 0.3) is 0 Å². The number of para-hydroxylation sites is 1. The van der Waals surface area contributed by atoms with Gasteiger partial charge in [0, 0.05) is 24.6 Å². The van der Waals surface area contributed by atoms with Crippen LogP contribution in [0.1, 0.15) is 35.7 Å². The molecule has 1 saturated carbocycles. The summed E-state index contributed by atoms with van der Waals surface area (Å²) in [4.78, 5) is 30.5. The molecule has 6 atom stereocenters. The van der Waals surface area contributed by atoms with E-state index in [0.717, 1.165) is 16.8 Å². The van der Waals surface area contributed by atoms with E-state index in [9.17, 15) is 9.59 Å². The van der Waals surface area contributed by atoms with E-state index >= 15 is 0 Å². The normalized spacial score (nSPS) is 34.6. The summed E-state index contributed by atoms with van der Waals surface area (Å²) < 4.78 is 35.0. The molecule has 2 aromatic carbocycles. The number of hydrogen-bond donors (Lipinski definition) is 1. The van der Waals surface area contributed by atoms with Gasteiger partial charge >= 0.3 is 11.9 Å². The molecule has 41 heavy (non-hydrogen) atoms. The predicted octanol–water partition coefficient (Wildman–Crippen LogP) is 3.50. The molecule has 1 N–H and O–H groups in total. The van der Waals surface area contributed by atoms with Crippen LogP contribution in [-0.4, -0.2) is 76.4 Å². The summed E-state index contributed by atoms with van der Waals surface area (Å²) in [7, 11) is 5.88. The zero-order valence-electron chi connectivity index (χ0n) is 23.8. The van der Waals surface area contributed by atoms with Crippen molar-refractivity contribution in [2.75, 3.05) is 46.9 Å². The third-order valence-corrected chi connectivity index (χ3v) is 10.3. The topological polar surface area (TPSA) is 105 Å². The summed E-state index contributed by atoms with van der Waals surface area (Å²) in [5.74, 6) is -0.188.